The van der Waals surface area contributed by atoms with Gasteiger partial charge >= 0.3 is 6.18 Å². The minimum Gasteiger partial charge on any atom is -0.392 e. The quantitative estimate of drug-likeness (QED) is 0.795. The smallest absolute Gasteiger partial charge is 0.391 e. The molecule has 1 aromatic rings. The van der Waals surface area contributed by atoms with Crippen molar-refractivity contribution in [3.8, 4) is 0 Å². The minimum atomic E-state index is -4.12. The summed E-state index contributed by atoms with van der Waals surface area (Å²) in [6.07, 6.45) is -3.52. The standard InChI is InChI=1S/C15H17Cl2F3O/c16-12-5-6-13(17)10(7-12)8-14(21)9-1-3-11(4-2-9)15(18,19)20/h5-7,9,11,14,21H,1-4,8H2. The van der Waals surface area contributed by atoms with Gasteiger partial charge in [0.2, 0.25) is 0 Å². The molecular formula is C15H17Cl2F3O. The Bertz CT molecular complexity index is 482. The summed E-state index contributed by atoms with van der Waals surface area (Å²) < 4.78 is 37.9. The van der Waals surface area contributed by atoms with E-state index in [2.05, 4.69) is 0 Å². The van der Waals surface area contributed by atoms with E-state index in [0.717, 1.165) is 5.56 Å². The minimum absolute atomic E-state index is 0.0918. The van der Waals surface area contributed by atoms with Crippen LogP contribution in [0.4, 0.5) is 13.2 Å². The van der Waals surface area contributed by atoms with Crippen LogP contribution in [-0.2, 0) is 6.42 Å². The maximum absolute atomic E-state index is 12.6. The number of aliphatic hydroxyl groups is 1. The van der Waals surface area contributed by atoms with Gasteiger partial charge in [0, 0.05) is 16.5 Å². The highest BCUT2D eigenvalue weighted by Gasteiger charge is 2.42. The third-order valence-corrected chi connectivity index (χ3v) is 4.82. The lowest BCUT2D eigenvalue weighted by molar-refractivity contribution is -0.185. The highest BCUT2D eigenvalue weighted by Crippen LogP contribution is 2.41. The molecule has 118 valence electrons. The fraction of sp³-hybridized carbons (Fsp3) is 0.600. The summed E-state index contributed by atoms with van der Waals surface area (Å²) in [5, 5.41) is 11.3. The summed E-state index contributed by atoms with van der Waals surface area (Å²) in [6, 6.07) is 5.01. The third kappa shape index (κ3) is 4.51. The molecule has 0 aromatic heterocycles. The van der Waals surface area contributed by atoms with Gasteiger partial charge in [0.1, 0.15) is 0 Å². The van der Waals surface area contributed by atoms with Crippen molar-refractivity contribution in [2.45, 2.75) is 44.4 Å². The Hall–Kier alpha value is -0.450. The molecule has 0 bridgehead atoms. The molecule has 0 saturated heterocycles. The van der Waals surface area contributed by atoms with E-state index in [1.165, 1.54) is 0 Å². The molecule has 1 N–H and O–H groups in total. The van der Waals surface area contributed by atoms with Crippen molar-refractivity contribution in [3.05, 3.63) is 33.8 Å². The zero-order chi connectivity index (χ0) is 15.6. The lowest BCUT2D eigenvalue weighted by Gasteiger charge is -2.32. The fourth-order valence-electron chi connectivity index (χ4n) is 2.92. The average Bonchev–Trinajstić information content (AvgIpc) is 2.42. The second-order valence-corrected chi connectivity index (χ2v) is 6.50. The van der Waals surface area contributed by atoms with Gasteiger partial charge in [-0.25, -0.2) is 0 Å². The maximum Gasteiger partial charge on any atom is 0.391 e. The van der Waals surface area contributed by atoms with Crippen molar-refractivity contribution < 1.29 is 18.3 Å². The van der Waals surface area contributed by atoms with Crippen molar-refractivity contribution in [2.75, 3.05) is 0 Å². The molecule has 1 aromatic carbocycles. The van der Waals surface area contributed by atoms with Crippen LogP contribution in [0.3, 0.4) is 0 Å². The Kier molecular flexibility index (Phi) is 5.44. The predicted octanol–water partition coefficient (Wildman–Crippen LogP) is 5.27. The summed E-state index contributed by atoms with van der Waals surface area (Å²) in [7, 11) is 0. The highest BCUT2D eigenvalue weighted by atomic mass is 35.5. The Labute approximate surface area is 132 Å². The van der Waals surface area contributed by atoms with Crippen molar-refractivity contribution in [2.24, 2.45) is 11.8 Å². The molecule has 0 spiro atoms. The number of halogens is 5. The van der Waals surface area contributed by atoms with Crippen molar-refractivity contribution in [1.82, 2.24) is 0 Å². The van der Waals surface area contributed by atoms with Gasteiger partial charge in [-0.1, -0.05) is 23.2 Å². The second-order valence-electron chi connectivity index (χ2n) is 5.66. The second kappa shape index (κ2) is 6.76. The van der Waals surface area contributed by atoms with E-state index >= 15 is 0 Å². The van der Waals surface area contributed by atoms with E-state index in [9.17, 15) is 18.3 Å². The number of benzene rings is 1. The van der Waals surface area contributed by atoms with E-state index < -0.39 is 18.2 Å². The van der Waals surface area contributed by atoms with Gasteiger partial charge in [0.25, 0.3) is 0 Å². The fourth-order valence-corrected chi connectivity index (χ4v) is 3.31. The van der Waals surface area contributed by atoms with Crippen molar-refractivity contribution in [1.29, 1.82) is 0 Å². The lowest BCUT2D eigenvalue weighted by Crippen LogP contribution is -2.32. The van der Waals surface area contributed by atoms with E-state index in [0.29, 0.717) is 29.3 Å². The van der Waals surface area contributed by atoms with Crippen LogP contribution in [0.2, 0.25) is 10.0 Å². The largest absolute Gasteiger partial charge is 0.392 e. The molecule has 1 atom stereocenters. The van der Waals surface area contributed by atoms with E-state index in [1.807, 2.05) is 0 Å². The number of rotatable bonds is 3. The number of aliphatic hydroxyl groups excluding tert-OH is 1. The van der Waals surface area contributed by atoms with Gasteiger partial charge < -0.3 is 5.11 Å². The van der Waals surface area contributed by atoms with Gasteiger partial charge in [0.15, 0.2) is 0 Å². The highest BCUT2D eigenvalue weighted by molar-refractivity contribution is 6.33. The maximum atomic E-state index is 12.6. The molecule has 21 heavy (non-hydrogen) atoms. The molecule has 0 heterocycles. The molecule has 1 nitrogen and oxygen atoms in total. The Balaban J connectivity index is 1.93. The molecule has 0 amide bonds. The summed E-state index contributed by atoms with van der Waals surface area (Å²) in [5.41, 5.74) is 0.731. The zero-order valence-electron chi connectivity index (χ0n) is 11.3. The molecule has 1 unspecified atom stereocenters. The summed E-state index contributed by atoms with van der Waals surface area (Å²) in [5.74, 6) is -1.34. The van der Waals surface area contributed by atoms with Crippen LogP contribution in [0.25, 0.3) is 0 Å². The first-order chi connectivity index (χ1) is 9.77. The molecule has 1 fully saturated rings. The molecule has 1 saturated carbocycles. The van der Waals surface area contributed by atoms with Gasteiger partial charge in [0.05, 0.1) is 12.0 Å². The predicted molar refractivity (Wildman–Crippen MR) is 77.7 cm³/mol. The van der Waals surface area contributed by atoms with Crippen molar-refractivity contribution >= 4 is 23.2 Å². The molecule has 2 rings (SSSR count). The normalized spacial score (nSPS) is 24.9. The molecule has 6 heteroatoms. The first-order valence-electron chi connectivity index (χ1n) is 6.96. The van der Waals surface area contributed by atoms with E-state index in [-0.39, 0.29) is 18.8 Å². The number of hydrogen-bond donors (Lipinski definition) is 1. The topological polar surface area (TPSA) is 20.2 Å². The van der Waals surface area contributed by atoms with Crippen LogP contribution < -0.4 is 0 Å². The summed E-state index contributed by atoms with van der Waals surface area (Å²) >= 11 is 11.9. The SMILES string of the molecule is OC(Cc1cc(Cl)ccc1Cl)C1CCC(C(F)(F)F)CC1. The van der Waals surface area contributed by atoms with E-state index in [4.69, 9.17) is 23.2 Å². The van der Waals surface area contributed by atoms with E-state index in [1.54, 1.807) is 18.2 Å². The van der Waals surface area contributed by atoms with Gasteiger partial charge in [-0.15, -0.1) is 0 Å². The Morgan fingerprint density at radius 2 is 1.76 bits per heavy atom. The molecular weight excluding hydrogens is 324 g/mol. The summed E-state index contributed by atoms with van der Waals surface area (Å²) in [6.45, 7) is 0. The van der Waals surface area contributed by atoms with Gasteiger partial charge in [-0.05, 0) is 55.4 Å². The first-order valence-corrected chi connectivity index (χ1v) is 7.71. The van der Waals surface area contributed by atoms with Crippen LogP contribution >= 0.6 is 23.2 Å². The molecule has 0 radical (unpaired) electrons. The third-order valence-electron chi connectivity index (χ3n) is 4.22. The van der Waals surface area contributed by atoms with Gasteiger partial charge in [-0.2, -0.15) is 13.2 Å². The van der Waals surface area contributed by atoms with Crippen LogP contribution in [0.15, 0.2) is 18.2 Å². The molecule has 0 aliphatic heterocycles. The first kappa shape index (κ1) is 16.9. The Morgan fingerprint density at radius 1 is 1.14 bits per heavy atom. The number of alkyl halides is 3. The average molecular weight is 341 g/mol. The zero-order valence-corrected chi connectivity index (χ0v) is 12.8. The van der Waals surface area contributed by atoms with Crippen LogP contribution in [0.1, 0.15) is 31.2 Å². The van der Waals surface area contributed by atoms with Crippen molar-refractivity contribution in [3.63, 3.8) is 0 Å². The summed E-state index contributed by atoms with van der Waals surface area (Å²) in [4.78, 5) is 0. The molecule has 1 aliphatic carbocycles. The van der Waals surface area contributed by atoms with Gasteiger partial charge in [-0.3, -0.25) is 0 Å². The molecule has 1 aliphatic rings. The monoisotopic (exact) mass is 340 g/mol. The lowest BCUT2D eigenvalue weighted by atomic mass is 9.78. The Morgan fingerprint density at radius 3 is 2.33 bits per heavy atom. The van der Waals surface area contributed by atoms with Crippen LogP contribution in [0, 0.1) is 11.8 Å². The number of hydrogen-bond acceptors (Lipinski definition) is 1. The van der Waals surface area contributed by atoms with Crippen LogP contribution in [0.5, 0.6) is 0 Å². The van der Waals surface area contributed by atoms with Crippen LogP contribution in [-0.4, -0.2) is 17.4 Å².